The van der Waals surface area contributed by atoms with Gasteiger partial charge in [0.1, 0.15) is 11.9 Å². The number of alkyl halides is 3. The molecular weight excluding hydrogens is 321 g/mol. The first-order valence-electron chi connectivity index (χ1n) is 7.37. The minimum Gasteiger partial charge on any atom is -0.485 e. The molecule has 0 saturated heterocycles. The minimum atomic E-state index is -4.40. The Hall–Kier alpha value is -2.50. The van der Waals surface area contributed by atoms with Gasteiger partial charge in [0.2, 0.25) is 0 Å². The standard InChI is InChI=1S/C18H17F3O3/c1-3-5-12(17(22)23)8-11(4-2)16-10-13-9-14(18(19,20)21)6-7-15(13)24-16/h3-9,16H,10H2,1-2H3,(H,22,23)/b5-3-,11-4+,12-8+. The lowest BCUT2D eigenvalue weighted by molar-refractivity contribution is -0.137. The fourth-order valence-corrected chi connectivity index (χ4v) is 2.51. The van der Waals surface area contributed by atoms with Gasteiger partial charge >= 0.3 is 12.1 Å². The molecule has 0 bridgehead atoms. The van der Waals surface area contributed by atoms with Crippen LogP contribution in [0.15, 0.2) is 53.6 Å². The molecule has 1 aromatic rings. The molecule has 0 spiro atoms. The van der Waals surface area contributed by atoms with Gasteiger partial charge in [0.25, 0.3) is 0 Å². The van der Waals surface area contributed by atoms with Gasteiger partial charge in [-0.1, -0.05) is 18.2 Å². The third-order valence-corrected chi connectivity index (χ3v) is 3.68. The third kappa shape index (κ3) is 3.88. The lowest BCUT2D eigenvalue weighted by Gasteiger charge is -2.12. The van der Waals surface area contributed by atoms with Gasteiger partial charge in [-0.05, 0) is 49.3 Å². The van der Waals surface area contributed by atoms with Gasteiger partial charge in [0, 0.05) is 6.42 Å². The lowest BCUT2D eigenvalue weighted by atomic mass is 10.00. The van der Waals surface area contributed by atoms with E-state index in [4.69, 9.17) is 4.74 Å². The zero-order chi connectivity index (χ0) is 17.9. The molecule has 1 aliphatic heterocycles. The predicted octanol–water partition coefficient (Wildman–Crippen LogP) is 4.54. The van der Waals surface area contributed by atoms with Crippen LogP contribution in [0.3, 0.4) is 0 Å². The summed E-state index contributed by atoms with van der Waals surface area (Å²) in [4.78, 5) is 11.2. The van der Waals surface area contributed by atoms with E-state index in [1.165, 1.54) is 18.2 Å². The quantitative estimate of drug-likeness (QED) is 0.647. The van der Waals surface area contributed by atoms with E-state index in [0.29, 0.717) is 16.9 Å². The molecule has 1 N–H and O–H groups in total. The minimum absolute atomic E-state index is 0.0844. The summed E-state index contributed by atoms with van der Waals surface area (Å²) in [7, 11) is 0. The Morgan fingerprint density at radius 2 is 2.04 bits per heavy atom. The van der Waals surface area contributed by atoms with Crippen LogP contribution in [0.5, 0.6) is 5.75 Å². The van der Waals surface area contributed by atoms with E-state index < -0.39 is 23.8 Å². The summed E-state index contributed by atoms with van der Waals surface area (Å²) in [5.74, 6) is -0.689. The summed E-state index contributed by atoms with van der Waals surface area (Å²) < 4.78 is 44.1. The number of halogens is 3. The van der Waals surface area contributed by atoms with E-state index in [9.17, 15) is 23.1 Å². The van der Waals surface area contributed by atoms with Gasteiger partial charge in [-0.25, -0.2) is 4.79 Å². The highest BCUT2D eigenvalue weighted by Crippen LogP contribution is 2.37. The van der Waals surface area contributed by atoms with Crippen LogP contribution >= 0.6 is 0 Å². The van der Waals surface area contributed by atoms with Gasteiger partial charge in [-0.15, -0.1) is 0 Å². The lowest BCUT2D eigenvalue weighted by Crippen LogP contribution is -2.16. The van der Waals surface area contributed by atoms with Gasteiger partial charge in [-0.3, -0.25) is 0 Å². The Balaban J connectivity index is 2.28. The van der Waals surface area contributed by atoms with Crippen molar-refractivity contribution in [1.82, 2.24) is 0 Å². The van der Waals surface area contributed by atoms with Crippen LogP contribution in [-0.4, -0.2) is 17.2 Å². The second-order valence-electron chi connectivity index (χ2n) is 5.32. The highest BCUT2D eigenvalue weighted by atomic mass is 19.4. The van der Waals surface area contributed by atoms with Crippen molar-refractivity contribution in [1.29, 1.82) is 0 Å². The Kier molecular flexibility index (Phi) is 5.17. The summed E-state index contributed by atoms with van der Waals surface area (Å²) in [6.45, 7) is 3.43. The van der Waals surface area contributed by atoms with Crippen LogP contribution < -0.4 is 4.74 Å². The zero-order valence-corrected chi connectivity index (χ0v) is 13.2. The van der Waals surface area contributed by atoms with Crippen molar-refractivity contribution < 1.29 is 27.8 Å². The maximum absolute atomic E-state index is 12.8. The summed E-state index contributed by atoms with van der Waals surface area (Å²) >= 11 is 0. The summed E-state index contributed by atoms with van der Waals surface area (Å²) in [5.41, 5.74) is 0.435. The normalized spacial score (nSPS) is 18.6. The van der Waals surface area contributed by atoms with Crippen molar-refractivity contribution in [2.75, 3.05) is 0 Å². The number of allylic oxidation sites excluding steroid dienone is 2. The van der Waals surface area contributed by atoms with E-state index in [-0.39, 0.29) is 12.0 Å². The number of hydrogen-bond donors (Lipinski definition) is 1. The molecule has 1 unspecified atom stereocenters. The Bertz CT molecular complexity index is 728. The number of carbonyl (C=O) groups is 1. The van der Waals surface area contributed by atoms with Gasteiger partial charge < -0.3 is 9.84 Å². The Labute approximate surface area is 137 Å². The monoisotopic (exact) mass is 338 g/mol. The van der Waals surface area contributed by atoms with Crippen molar-refractivity contribution in [3.05, 3.63) is 64.8 Å². The van der Waals surface area contributed by atoms with Crippen molar-refractivity contribution in [3.8, 4) is 5.75 Å². The Morgan fingerprint density at radius 3 is 2.58 bits per heavy atom. The SMILES string of the molecule is C\C=C/C(=C\C(=C/C)C1Cc2cc(C(F)(F)F)ccc2O1)C(=O)O. The number of hydrogen-bond acceptors (Lipinski definition) is 2. The van der Waals surface area contributed by atoms with Crippen LogP contribution in [0.25, 0.3) is 0 Å². The van der Waals surface area contributed by atoms with E-state index in [0.717, 1.165) is 12.1 Å². The fraction of sp³-hybridized carbons (Fsp3) is 0.278. The zero-order valence-electron chi connectivity index (χ0n) is 13.2. The van der Waals surface area contributed by atoms with Gasteiger partial charge in [0.15, 0.2) is 0 Å². The molecule has 0 radical (unpaired) electrons. The summed E-state index contributed by atoms with van der Waals surface area (Å²) in [6.07, 6.45) is 1.59. The van der Waals surface area contributed by atoms with E-state index in [1.54, 1.807) is 26.0 Å². The second kappa shape index (κ2) is 6.95. The highest BCUT2D eigenvalue weighted by molar-refractivity contribution is 5.90. The maximum Gasteiger partial charge on any atom is 0.416 e. The first-order chi connectivity index (χ1) is 11.3. The van der Waals surface area contributed by atoms with Crippen molar-refractivity contribution in [2.24, 2.45) is 0 Å². The number of fused-ring (bicyclic) bond motifs is 1. The number of ether oxygens (including phenoxy) is 1. The van der Waals surface area contributed by atoms with Crippen LogP contribution in [0.4, 0.5) is 13.2 Å². The molecule has 1 aliphatic rings. The summed E-state index contributed by atoms with van der Waals surface area (Å²) in [5, 5.41) is 9.18. The smallest absolute Gasteiger partial charge is 0.416 e. The number of aliphatic carboxylic acids is 1. The summed E-state index contributed by atoms with van der Waals surface area (Å²) in [6, 6.07) is 3.37. The fourth-order valence-electron chi connectivity index (χ4n) is 2.51. The molecular formula is C18H17F3O3. The molecule has 3 nitrogen and oxygen atoms in total. The number of carboxylic acid groups (broad SMARTS) is 1. The van der Waals surface area contributed by atoms with Crippen LogP contribution in [0, 0.1) is 0 Å². The first-order valence-corrected chi connectivity index (χ1v) is 7.37. The maximum atomic E-state index is 12.8. The molecule has 0 aliphatic carbocycles. The molecule has 24 heavy (non-hydrogen) atoms. The number of benzene rings is 1. The molecule has 2 rings (SSSR count). The second-order valence-corrected chi connectivity index (χ2v) is 5.32. The van der Waals surface area contributed by atoms with Crippen LogP contribution in [-0.2, 0) is 17.4 Å². The van der Waals surface area contributed by atoms with Gasteiger partial charge in [0.05, 0.1) is 11.1 Å². The van der Waals surface area contributed by atoms with E-state index in [2.05, 4.69) is 0 Å². The predicted molar refractivity (Wildman–Crippen MR) is 83.9 cm³/mol. The topological polar surface area (TPSA) is 46.5 Å². The van der Waals surface area contributed by atoms with Crippen LogP contribution in [0.1, 0.15) is 25.0 Å². The number of rotatable bonds is 4. The molecule has 1 heterocycles. The number of carboxylic acids is 1. The van der Waals surface area contributed by atoms with Gasteiger partial charge in [-0.2, -0.15) is 13.2 Å². The molecule has 0 saturated carbocycles. The molecule has 128 valence electrons. The third-order valence-electron chi connectivity index (χ3n) is 3.68. The van der Waals surface area contributed by atoms with Crippen molar-refractivity contribution >= 4 is 5.97 Å². The van der Waals surface area contributed by atoms with Crippen molar-refractivity contribution in [2.45, 2.75) is 32.5 Å². The molecule has 0 aromatic heterocycles. The van der Waals surface area contributed by atoms with Crippen molar-refractivity contribution in [3.63, 3.8) is 0 Å². The van der Waals surface area contributed by atoms with Crippen LogP contribution in [0.2, 0.25) is 0 Å². The molecule has 1 atom stereocenters. The largest absolute Gasteiger partial charge is 0.485 e. The molecule has 6 heteroatoms. The average Bonchev–Trinajstić information content (AvgIpc) is 2.92. The first kappa shape index (κ1) is 17.8. The Morgan fingerprint density at radius 1 is 1.33 bits per heavy atom. The van der Waals surface area contributed by atoms with E-state index >= 15 is 0 Å². The van der Waals surface area contributed by atoms with E-state index in [1.807, 2.05) is 0 Å². The average molecular weight is 338 g/mol. The highest BCUT2D eigenvalue weighted by Gasteiger charge is 2.33. The molecule has 0 fully saturated rings. The molecule has 1 aromatic carbocycles. The molecule has 0 amide bonds.